The van der Waals surface area contributed by atoms with Crippen LogP contribution in [0.4, 0.5) is 0 Å². The summed E-state index contributed by atoms with van der Waals surface area (Å²) >= 11 is 0. The van der Waals surface area contributed by atoms with Gasteiger partial charge in [0.05, 0.1) is 30.4 Å². The Bertz CT molecular complexity index is 1030. The number of hydrogen-bond acceptors (Lipinski definition) is 8. The zero-order valence-electron chi connectivity index (χ0n) is 18.4. The Hall–Kier alpha value is -2.51. The van der Waals surface area contributed by atoms with Gasteiger partial charge < -0.3 is 35.0 Å². The van der Waals surface area contributed by atoms with Crippen molar-refractivity contribution in [3.63, 3.8) is 0 Å². The summed E-state index contributed by atoms with van der Waals surface area (Å²) in [7, 11) is 0. The fraction of sp³-hybridized carbons (Fsp3) is 0.480. The molecule has 1 saturated heterocycles. The van der Waals surface area contributed by atoms with Crippen molar-refractivity contribution in [2.75, 3.05) is 13.2 Å². The molecule has 2 fully saturated rings. The quantitative estimate of drug-likeness (QED) is 0.417. The third-order valence-corrected chi connectivity index (χ3v) is 6.40. The maximum Gasteiger partial charge on any atom is 0.226 e. The summed E-state index contributed by atoms with van der Waals surface area (Å²) in [4.78, 5) is 0. The molecule has 1 aliphatic carbocycles. The standard InChI is InChI=1S/C25H29NO7/c1-2-32-20-11-18(12-26)17(9-14-3-5-15(6-4-14)16-7-8-16)10-19(20)25(31)24(30)23(29)22(28)21(13-27)33-25/h3-6,10-11,16,21-24,27-31H,2,7-9,13H2,1H3/t21-,22-,23+,24-,25-/m1/s1. The van der Waals surface area contributed by atoms with Crippen molar-refractivity contribution in [1.82, 2.24) is 0 Å². The summed E-state index contributed by atoms with van der Waals surface area (Å²) in [6.45, 7) is 1.25. The van der Waals surface area contributed by atoms with Crippen molar-refractivity contribution in [3.8, 4) is 11.8 Å². The predicted molar refractivity (Wildman–Crippen MR) is 117 cm³/mol. The third-order valence-electron chi connectivity index (χ3n) is 6.40. The summed E-state index contributed by atoms with van der Waals surface area (Å²) < 4.78 is 11.1. The third kappa shape index (κ3) is 4.49. The number of aliphatic hydroxyl groups is 5. The first-order valence-electron chi connectivity index (χ1n) is 11.2. The minimum absolute atomic E-state index is 0.00449. The van der Waals surface area contributed by atoms with Crippen LogP contribution in [-0.4, -0.2) is 63.2 Å². The van der Waals surface area contributed by atoms with Gasteiger partial charge in [-0.3, -0.25) is 0 Å². The summed E-state index contributed by atoms with van der Waals surface area (Å²) in [6, 6.07) is 13.3. The molecule has 5 atom stereocenters. The molecule has 0 aromatic heterocycles. The van der Waals surface area contributed by atoms with Crippen LogP contribution in [0.15, 0.2) is 36.4 Å². The van der Waals surface area contributed by atoms with Crippen LogP contribution in [0.25, 0.3) is 0 Å². The first-order chi connectivity index (χ1) is 15.8. The molecule has 8 nitrogen and oxygen atoms in total. The number of hydrogen-bond donors (Lipinski definition) is 5. The highest BCUT2D eigenvalue weighted by atomic mass is 16.7. The topological polar surface area (TPSA) is 143 Å². The van der Waals surface area contributed by atoms with E-state index < -0.39 is 36.8 Å². The zero-order chi connectivity index (χ0) is 23.8. The molecule has 4 rings (SSSR count). The zero-order valence-corrected chi connectivity index (χ0v) is 18.4. The van der Waals surface area contributed by atoms with E-state index in [2.05, 4.69) is 18.2 Å². The average Bonchev–Trinajstić information content (AvgIpc) is 3.67. The van der Waals surface area contributed by atoms with Gasteiger partial charge in [0.15, 0.2) is 0 Å². The van der Waals surface area contributed by atoms with Crippen LogP contribution >= 0.6 is 0 Å². The molecule has 176 valence electrons. The van der Waals surface area contributed by atoms with Gasteiger partial charge in [0.2, 0.25) is 5.79 Å². The maximum absolute atomic E-state index is 11.3. The molecule has 33 heavy (non-hydrogen) atoms. The monoisotopic (exact) mass is 455 g/mol. The number of nitriles is 1. The molecule has 8 heteroatoms. The van der Waals surface area contributed by atoms with Gasteiger partial charge in [-0.15, -0.1) is 0 Å². The Kier molecular flexibility index (Phi) is 6.73. The van der Waals surface area contributed by atoms with Gasteiger partial charge in [-0.1, -0.05) is 24.3 Å². The van der Waals surface area contributed by atoms with Gasteiger partial charge in [0.1, 0.15) is 30.2 Å². The van der Waals surface area contributed by atoms with E-state index in [4.69, 9.17) is 9.47 Å². The highest BCUT2D eigenvalue weighted by molar-refractivity contribution is 5.52. The van der Waals surface area contributed by atoms with E-state index in [0.29, 0.717) is 23.5 Å². The first-order valence-corrected chi connectivity index (χ1v) is 11.2. The lowest BCUT2D eigenvalue weighted by atomic mass is 9.85. The number of rotatable bonds is 7. The second-order valence-corrected chi connectivity index (χ2v) is 8.70. The highest BCUT2D eigenvalue weighted by Gasteiger charge is 2.54. The Morgan fingerprint density at radius 3 is 2.39 bits per heavy atom. The molecule has 1 heterocycles. The van der Waals surface area contributed by atoms with Gasteiger partial charge in [-0.2, -0.15) is 5.26 Å². The van der Waals surface area contributed by atoms with Crippen LogP contribution in [-0.2, 0) is 16.9 Å². The lowest BCUT2D eigenvalue weighted by Crippen LogP contribution is -2.63. The molecule has 1 aliphatic heterocycles. The fourth-order valence-electron chi connectivity index (χ4n) is 4.35. The largest absolute Gasteiger partial charge is 0.493 e. The average molecular weight is 456 g/mol. The van der Waals surface area contributed by atoms with E-state index in [0.717, 1.165) is 5.56 Å². The van der Waals surface area contributed by atoms with Crippen LogP contribution in [0.5, 0.6) is 5.75 Å². The molecule has 0 spiro atoms. The smallest absolute Gasteiger partial charge is 0.226 e. The Morgan fingerprint density at radius 2 is 1.82 bits per heavy atom. The van der Waals surface area contributed by atoms with Crippen LogP contribution in [0, 0.1) is 11.3 Å². The molecule has 0 unspecified atom stereocenters. The molecular weight excluding hydrogens is 426 g/mol. The maximum atomic E-state index is 11.3. The van der Waals surface area contributed by atoms with Gasteiger partial charge >= 0.3 is 0 Å². The lowest BCUT2D eigenvalue weighted by molar-refractivity contribution is -0.358. The summed E-state index contributed by atoms with van der Waals surface area (Å²) in [6.07, 6.45) is -3.83. The van der Waals surface area contributed by atoms with Crippen molar-refractivity contribution in [1.29, 1.82) is 5.26 Å². The van der Waals surface area contributed by atoms with Crippen molar-refractivity contribution in [3.05, 3.63) is 64.2 Å². The number of benzene rings is 2. The van der Waals surface area contributed by atoms with Crippen LogP contribution in [0.3, 0.4) is 0 Å². The first kappa shape index (κ1) is 23.6. The molecule has 5 N–H and O–H groups in total. The van der Waals surface area contributed by atoms with Gasteiger partial charge in [-0.25, -0.2) is 0 Å². The predicted octanol–water partition coefficient (Wildman–Crippen LogP) is 1.04. The van der Waals surface area contributed by atoms with Crippen molar-refractivity contribution >= 4 is 0 Å². The summed E-state index contributed by atoms with van der Waals surface area (Å²) in [5, 5.41) is 61.6. The van der Waals surface area contributed by atoms with Crippen molar-refractivity contribution in [2.24, 2.45) is 0 Å². The van der Waals surface area contributed by atoms with Crippen LogP contribution < -0.4 is 4.74 Å². The molecule has 0 radical (unpaired) electrons. The fourth-order valence-corrected chi connectivity index (χ4v) is 4.35. The van der Waals surface area contributed by atoms with E-state index in [9.17, 15) is 30.8 Å². The minimum atomic E-state index is -2.48. The molecule has 0 amide bonds. The van der Waals surface area contributed by atoms with E-state index in [1.54, 1.807) is 6.92 Å². The molecular formula is C25H29NO7. The van der Waals surface area contributed by atoms with Gasteiger partial charge in [0, 0.05) is 0 Å². The number of aliphatic hydroxyl groups excluding tert-OH is 4. The van der Waals surface area contributed by atoms with Crippen molar-refractivity contribution in [2.45, 2.75) is 62.3 Å². The van der Waals surface area contributed by atoms with Gasteiger partial charge in [0.25, 0.3) is 0 Å². The molecule has 0 bridgehead atoms. The second kappa shape index (κ2) is 9.39. The van der Waals surface area contributed by atoms with E-state index in [1.165, 1.54) is 30.5 Å². The number of nitrogens with zero attached hydrogens (tertiary/aromatic N) is 1. The normalized spacial score (nSPS) is 29.5. The van der Waals surface area contributed by atoms with Crippen LogP contribution in [0.2, 0.25) is 0 Å². The van der Waals surface area contributed by atoms with Gasteiger partial charge in [-0.05, 0) is 60.9 Å². The molecule has 2 aromatic carbocycles. The SMILES string of the molecule is CCOc1cc(C#N)c(Cc2ccc(C3CC3)cc2)cc1[C@@]1(O)O[C@H](CO)[C@@H](O)[C@H](O)[C@H]1O. The number of ether oxygens (including phenoxy) is 2. The van der Waals surface area contributed by atoms with Crippen molar-refractivity contribution < 1.29 is 35.0 Å². The van der Waals surface area contributed by atoms with E-state index in [-0.39, 0.29) is 17.9 Å². The highest BCUT2D eigenvalue weighted by Crippen LogP contribution is 2.42. The molecule has 2 aliphatic rings. The Morgan fingerprint density at radius 1 is 1.12 bits per heavy atom. The molecule has 2 aromatic rings. The minimum Gasteiger partial charge on any atom is -0.493 e. The van der Waals surface area contributed by atoms with E-state index >= 15 is 0 Å². The summed E-state index contributed by atoms with van der Waals surface area (Å²) in [5.41, 5.74) is 3.17. The van der Waals surface area contributed by atoms with Crippen LogP contribution in [0.1, 0.15) is 53.5 Å². The molecule has 1 saturated carbocycles. The lowest BCUT2D eigenvalue weighted by Gasteiger charge is -2.46. The Labute approximate surface area is 192 Å². The second-order valence-electron chi connectivity index (χ2n) is 8.70. The summed E-state index contributed by atoms with van der Waals surface area (Å²) in [5.74, 6) is -1.75. The Balaban J connectivity index is 1.75. The van der Waals surface area contributed by atoms with E-state index in [1.807, 2.05) is 12.1 Å².